The quantitative estimate of drug-likeness (QED) is 0.468. The van der Waals surface area contributed by atoms with Gasteiger partial charge in [0, 0.05) is 12.5 Å². The Kier molecular flexibility index (Phi) is 4.17. The minimum atomic E-state index is -0.174. The molecule has 0 amide bonds. The molecule has 2 unspecified atom stereocenters. The second-order valence-electron chi connectivity index (χ2n) is 4.55. The summed E-state index contributed by atoms with van der Waals surface area (Å²) >= 11 is 0. The van der Waals surface area contributed by atoms with Crippen molar-refractivity contribution >= 4 is 11.6 Å². The summed E-state index contributed by atoms with van der Waals surface area (Å²) < 4.78 is 0. The van der Waals surface area contributed by atoms with Gasteiger partial charge in [0.05, 0.1) is 6.10 Å². The first-order chi connectivity index (χ1) is 8.29. The molecule has 5 heteroatoms. The molecule has 94 valence electrons. The number of nitrogens with zero attached hydrogens (tertiary/aromatic N) is 1. The van der Waals surface area contributed by atoms with Crippen LogP contribution in [-0.4, -0.2) is 22.7 Å². The number of hydrogen-bond donors (Lipinski definition) is 4. The predicted octanol–water partition coefficient (Wildman–Crippen LogP) is 1.33. The third-order valence-electron chi connectivity index (χ3n) is 3.31. The number of hydrazine groups is 1. The van der Waals surface area contributed by atoms with E-state index in [9.17, 15) is 5.11 Å². The lowest BCUT2D eigenvalue weighted by molar-refractivity contribution is 0.0763. The molecule has 0 bridgehead atoms. The van der Waals surface area contributed by atoms with Crippen LogP contribution in [0.15, 0.2) is 18.2 Å². The molecule has 17 heavy (non-hydrogen) atoms. The molecular weight excluding hydrogens is 216 g/mol. The predicted molar refractivity (Wildman–Crippen MR) is 68.5 cm³/mol. The van der Waals surface area contributed by atoms with Gasteiger partial charge in [0.25, 0.3) is 0 Å². The topological polar surface area (TPSA) is 83.2 Å². The van der Waals surface area contributed by atoms with Crippen molar-refractivity contribution < 1.29 is 5.11 Å². The van der Waals surface area contributed by atoms with Crippen LogP contribution in [-0.2, 0) is 0 Å². The van der Waals surface area contributed by atoms with E-state index in [0.717, 1.165) is 31.6 Å². The number of hydrogen-bond acceptors (Lipinski definition) is 5. The fourth-order valence-electron chi connectivity index (χ4n) is 2.28. The third kappa shape index (κ3) is 3.31. The Morgan fingerprint density at radius 1 is 1.29 bits per heavy atom. The molecular formula is C12H20N4O. The molecule has 1 aromatic rings. The van der Waals surface area contributed by atoms with Gasteiger partial charge in [-0.3, -0.25) is 0 Å². The number of nitrogen functional groups attached to an aromatic ring is 1. The first kappa shape index (κ1) is 12.1. The highest BCUT2D eigenvalue weighted by Gasteiger charge is 2.22. The van der Waals surface area contributed by atoms with Crippen molar-refractivity contribution in [2.24, 2.45) is 11.8 Å². The van der Waals surface area contributed by atoms with E-state index in [-0.39, 0.29) is 6.10 Å². The van der Waals surface area contributed by atoms with Crippen LogP contribution in [0.4, 0.5) is 11.6 Å². The Morgan fingerprint density at radius 3 is 2.82 bits per heavy atom. The number of anilines is 2. The van der Waals surface area contributed by atoms with E-state index >= 15 is 0 Å². The maximum atomic E-state index is 9.85. The molecule has 1 aliphatic rings. The molecule has 0 aromatic carbocycles. The van der Waals surface area contributed by atoms with E-state index in [4.69, 9.17) is 5.84 Å². The Bertz CT molecular complexity index is 358. The van der Waals surface area contributed by atoms with Crippen molar-refractivity contribution in [2.75, 3.05) is 17.3 Å². The van der Waals surface area contributed by atoms with Crippen molar-refractivity contribution in [2.45, 2.75) is 31.8 Å². The third-order valence-corrected chi connectivity index (χ3v) is 3.31. The van der Waals surface area contributed by atoms with Crippen LogP contribution >= 0.6 is 0 Å². The van der Waals surface area contributed by atoms with Crippen molar-refractivity contribution in [1.29, 1.82) is 0 Å². The average Bonchev–Trinajstić information content (AvgIpc) is 2.38. The molecule has 2 atom stereocenters. The average molecular weight is 236 g/mol. The van der Waals surface area contributed by atoms with Crippen LogP contribution in [0.25, 0.3) is 0 Å². The molecule has 0 aliphatic heterocycles. The van der Waals surface area contributed by atoms with Gasteiger partial charge < -0.3 is 15.8 Å². The fourth-order valence-corrected chi connectivity index (χ4v) is 2.28. The van der Waals surface area contributed by atoms with Gasteiger partial charge in [-0.15, -0.1) is 0 Å². The van der Waals surface area contributed by atoms with Crippen molar-refractivity contribution in [3.63, 3.8) is 0 Å². The molecule has 0 saturated heterocycles. The monoisotopic (exact) mass is 236 g/mol. The van der Waals surface area contributed by atoms with E-state index in [1.807, 2.05) is 12.1 Å². The standard InChI is InChI=1S/C12H20N4O/c13-16-12-7-3-6-11(15-12)14-8-9-4-1-2-5-10(9)17/h3,6-7,9-10,17H,1-2,4-5,8,13H2,(H2,14,15,16). The van der Waals surface area contributed by atoms with Crippen molar-refractivity contribution in [3.05, 3.63) is 18.2 Å². The molecule has 5 nitrogen and oxygen atoms in total. The van der Waals surface area contributed by atoms with Crippen LogP contribution in [0, 0.1) is 5.92 Å². The molecule has 5 N–H and O–H groups in total. The normalized spacial score (nSPS) is 24.4. The highest BCUT2D eigenvalue weighted by Crippen LogP contribution is 2.24. The highest BCUT2D eigenvalue weighted by atomic mass is 16.3. The number of pyridine rings is 1. The number of aliphatic hydroxyl groups is 1. The second kappa shape index (κ2) is 5.84. The Hall–Kier alpha value is -1.33. The lowest BCUT2D eigenvalue weighted by Gasteiger charge is -2.27. The van der Waals surface area contributed by atoms with Gasteiger partial charge in [-0.25, -0.2) is 10.8 Å². The number of nitrogens with one attached hydrogen (secondary N) is 2. The Balaban J connectivity index is 1.88. The van der Waals surface area contributed by atoms with E-state index in [0.29, 0.717) is 11.7 Å². The van der Waals surface area contributed by atoms with E-state index < -0.39 is 0 Å². The molecule has 1 fully saturated rings. The van der Waals surface area contributed by atoms with E-state index in [1.54, 1.807) is 6.07 Å². The minimum absolute atomic E-state index is 0.174. The largest absolute Gasteiger partial charge is 0.393 e. The SMILES string of the molecule is NNc1cccc(NCC2CCCCC2O)n1. The van der Waals surface area contributed by atoms with Gasteiger partial charge in [-0.1, -0.05) is 18.9 Å². The lowest BCUT2D eigenvalue weighted by Crippen LogP contribution is -2.30. The van der Waals surface area contributed by atoms with Gasteiger partial charge in [0.2, 0.25) is 0 Å². The van der Waals surface area contributed by atoms with Gasteiger partial charge in [-0.2, -0.15) is 0 Å². The van der Waals surface area contributed by atoms with E-state index in [2.05, 4.69) is 15.7 Å². The van der Waals surface area contributed by atoms with E-state index in [1.165, 1.54) is 6.42 Å². The van der Waals surface area contributed by atoms with Crippen molar-refractivity contribution in [3.8, 4) is 0 Å². The highest BCUT2D eigenvalue weighted by molar-refractivity contribution is 5.44. The zero-order valence-electron chi connectivity index (χ0n) is 9.89. The minimum Gasteiger partial charge on any atom is -0.393 e. The molecule has 1 saturated carbocycles. The van der Waals surface area contributed by atoms with Gasteiger partial charge in [-0.05, 0) is 25.0 Å². The van der Waals surface area contributed by atoms with Crippen molar-refractivity contribution in [1.82, 2.24) is 4.98 Å². The van der Waals surface area contributed by atoms with Gasteiger partial charge >= 0.3 is 0 Å². The number of aliphatic hydroxyl groups excluding tert-OH is 1. The first-order valence-electron chi connectivity index (χ1n) is 6.15. The summed E-state index contributed by atoms with van der Waals surface area (Å²) in [6.45, 7) is 0.766. The number of aromatic nitrogens is 1. The fraction of sp³-hybridized carbons (Fsp3) is 0.583. The zero-order valence-corrected chi connectivity index (χ0v) is 9.89. The van der Waals surface area contributed by atoms with Crippen LogP contribution in [0.5, 0.6) is 0 Å². The summed E-state index contributed by atoms with van der Waals surface area (Å²) in [7, 11) is 0. The Labute approximate surface area is 101 Å². The summed E-state index contributed by atoms with van der Waals surface area (Å²) in [6.07, 6.45) is 4.18. The summed E-state index contributed by atoms with van der Waals surface area (Å²) in [5, 5.41) is 13.1. The van der Waals surface area contributed by atoms with Gasteiger partial charge in [0.15, 0.2) is 0 Å². The zero-order chi connectivity index (χ0) is 12.1. The summed E-state index contributed by atoms with van der Waals surface area (Å²) in [5.41, 5.74) is 2.51. The maximum Gasteiger partial charge on any atom is 0.142 e. The first-order valence-corrected chi connectivity index (χ1v) is 6.15. The molecule has 0 radical (unpaired) electrons. The molecule has 1 heterocycles. The van der Waals surface area contributed by atoms with Crippen LogP contribution in [0.2, 0.25) is 0 Å². The summed E-state index contributed by atoms with van der Waals surface area (Å²) in [4.78, 5) is 4.27. The number of nitrogens with two attached hydrogens (primary N) is 1. The summed E-state index contributed by atoms with van der Waals surface area (Å²) in [6, 6.07) is 5.60. The molecule has 0 spiro atoms. The smallest absolute Gasteiger partial charge is 0.142 e. The summed E-state index contributed by atoms with van der Waals surface area (Å²) in [5.74, 6) is 7.06. The van der Waals surface area contributed by atoms with Gasteiger partial charge in [0.1, 0.15) is 11.6 Å². The lowest BCUT2D eigenvalue weighted by atomic mass is 9.86. The molecule has 1 aliphatic carbocycles. The van der Waals surface area contributed by atoms with Crippen LogP contribution in [0.1, 0.15) is 25.7 Å². The number of rotatable bonds is 4. The van der Waals surface area contributed by atoms with Crippen LogP contribution in [0.3, 0.4) is 0 Å². The Morgan fingerprint density at radius 2 is 2.06 bits per heavy atom. The molecule has 1 aromatic heterocycles. The maximum absolute atomic E-state index is 9.85. The molecule has 2 rings (SSSR count). The second-order valence-corrected chi connectivity index (χ2v) is 4.55. The van der Waals surface area contributed by atoms with Crippen LogP contribution < -0.4 is 16.6 Å².